The maximum Gasteiger partial charge on any atom is 0.131 e. The molecule has 1 heterocycles. The van der Waals surface area contributed by atoms with Crippen LogP contribution in [0.2, 0.25) is 0 Å². The van der Waals surface area contributed by atoms with Crippen molar-refractivity contribution >= 4 is 16.6 Å². The fourth-order valence-electron chi connectivity index (χ4n) is 2.95. The Morgan fingerprint density at radius 3 is 2.48 bits per heavy atom. The molecule has 0 unspecified atom stereocenters. The van der Waals surface area contributed by atoms with Gasteiger partial charge in [0.25, 0.3) is 0 Å². The molecule has 0 spiro atoms. The molecule has 1 aromatic heterocycles. The molecule has 0 radical (unpaired) electrons. The molecule has 21 heavy (non-hydrogen) atoms. The Labute approximate surface area is 125 Å². The Kier molecular flexibility index (Phi) is 3.42. The summed E-state index contributed by atoms with van der Waals surface area (Å²) in [5.41, 5.74) is 8.42. The van der Waals surface area contributed by atoms with Gasteiger partial charge in [0.15, 0.2) is 0 Å². The molecule has 3 heteroatoms. The van der Waals surface area contributed by atoms with E-state index in [-0.39, 0.29) is 0 Å². The number of hydrogen-bond acceptors (Lipinski definition) is 2. The van der Waals surface area contributed by atoms with Crippen molar-refractivity contribution < 1.29 is 0 Å². The number of anilines is 1. The molecule has 0 bridgehead atoms. The summed E-state index contributed by atoms with van der Waals surface area (Å²) in [7, 11) is 0. The number of aromatic nitrogens is 2. The fourth-order valence-corrected chi connectivity index (χ4v) is 2.95. The van der Waals surface area contributed by atoms with Crippen molar-refractivity contribution in [3.05, 3.63) is 48.3 Å². The third kappa shape index (κ3) is 2.19. The number of imidazole rings is 1. The van der Waals surface area contributed by atoms with Crippen LogP contribution in [0.4, 0.5) is 5.82 Å². The normalized spacial score (nSPS) is 11.4. The third-order valence-corrected chi connectivity index (χ3v) is 3.90. The lowest BCUT2D eigenvalue weighted by molar-refractivity contribution is 0.579. The Bertz CT molecular complexity index is 779. The van der Waals surface area contributed by atoms with Crippen LogP contribution in [-0.2, 0) is 6.42 Å². The summed E-state index contributed by atoms with van der Waals surface area (Å²) in [6.07, 6.45) is 0.882. The zero-order valence-corrected chi connectivity index (χ0v) is 12.8. The van der Waals surface area contributed by atoms with Crippen LogP contribution < -0.4 is 5.73 Å². The maximum absolute atomic E-state index is 6.40. The molecule has 3 nitrogen and oxygen atoms in total. The highest BCUT2D eigenvalue weighted by Crippen LogP contribution is 2.33. The van der Waals surface area contributed by atoms with E-state index < -0.39 is 0 Å². The van der Waals surface area contributed by atoms with Crippen molar-refractivity contribution in [2.75, 3.05) is 5.73 Å². The average molecular weight is 279 g/mol. The van der Waals surface area contributed by atoms with Gasteiger partial charge < -0.3 is 10.3 Å². The van der Waals surface area contributed by atoms with Crippen molar-refractivity contribution in [2.45, 2.75) is 33.2 Å². The molecule has 3 rings (SSSR count). The predicted octanol–water partition coefficient (Wildman–Crippen LogP) is 4.43. The second kappa shape index (κ2) is 5.24. The molecule has 2 N–H and O–H groups in total. The zero-order chi connectivity index (χ0) is 15.0. The molecule has 0 aliphatic carbocycles. The van der Waals surface area contributed by atoms with E-state index in [0.717, 1.165) is 29.3 Å². The topological polar surface area (TPSA) is 43.8 Å². The van der Waals surface area contributed by atoms with Gasteiger partial charge in [-0.3, -0.25) is 0 Å². The number of fused-ring (bicyclic) bond motifs is 1. The minimum atomic E-state index is 0.316. The average Bonchev–Trinajstić information content (AvgIpc) is 2.83. The number of benzene rings is 2. The minimum Gasteiger partial charge on any atom is -0.383 e. The molecule has 0 aliphatic heterocycles. The van der Waals surface area contributed by atoms with Crippen molar-refractivity contribution in [1.82, 2.24) is 9.55 Å². The Morgan fingerprint density at radius 2 is 1.81 bits per heavy atom. The monoisotopic (exact) mass is 279 g/mol. The summed E-state index contributed by atoms with van der Waals surface area (Å²) in [6.45, 7) is 6.40. The van der Waals surface area contributed by atoms with Gasteiger partial charge in [0, 0.05) is 18.0 Å². The van der Waals surface area contributed by atoms with E-state index in [2.05, 4.69) is 67.8 Å². The van der Waals surface area contributed by atoms with Crippen LogP contribution in [0.1, 0.15) is 32.6 Å². The van der Waals surface area contributed by atoms with Gasteiger partial charge in [-0.05, 0) is 24.6 Å². The molecule has 0 saturated heterocycles. The molecule has 0 atom stereocenters. The number of nitrogen functional groups attached to an aromatic ring is 1. The van der Waals surface area contributed by atoms with Gasteiger partial charge in [0.05, 0.1) is 0 Å². The first-order chi connectivity index (χ1) is 10.1. The van der Waals surface area contributed by atoms with Gasteiger partial charge in [0.1, 0.15) is 17.3 Å². The molecule has 2 aromatic carbocycles. The molecule has 108 valence electrons. The van der Waals surface area contributed by atoms with Crippen LogP contribution in [-0.4, -0.2) is 9.55 Å². The summed E-state index contributed by atoms with van der Waals surface area (Å²) >= 11 is 0. The van der Waals surface area contributed by atoms with E-state index in [1.54, 1.807) is 0 Å². The van der Waals surface area contributed by atoms with E-state index in [4.69, 9.17) is 10.7 Å². The Hall–Kier alpha value is -2.29. The first-order valence-electron chi connectivity index (χ1n) is 7.48. The van der Waals surface area contributed by atoms with Crippen molar-refractivity contribution in [3.63, 3.8) is 0 Å². The van der Waals surface area contributed by atoms with Crippen LogP contribution in [0.25, 0.3) is 22.0 Å². The molecule has 0 fully saturated rings. The number of aryl methyl sites for hydroxylation is 1. The summed E-state index contributed by atoms with van der Waals surface area (Å²) in [5, 5.41) is 2.41. The summed E-state index contributed by atoms with van der Waals surface area (Å²) in [5.74, 6) is 1.81. The van der Waals surface area contributed by atoms with Crippen molar-refractivity contribution in [2.24, 2.45) is 0 Å². The lowest BCUT2D eigenvalue weighted by Gasteiger charge is -2.12. The maximum atomic E-state index is 6.40. The highest BCUT2D eigenvalue weighted by atomic mass is 15.2. The van der Waals surface area contributed by atoms with Gasteiger partial charge >= 0.3 is 0 Å². The zero-order valence-electron chi connectivity index (χ0n) is 12.8. The minimum absolute atomic E-state index is 0.316. The van der Waals surface area contributed by atoms with Crippen molar-refractivity contribution in [1.29, 1.82) is 0 Å². The van der Waals surface area contributed by atoms with Crippen LogP contribution in [0, 0.1) is 0 Å². The van der Waals surface area contributed by atoms with Gasteiger partial charge in [-0.25, -0.2) is 4.98 Å². The molecular weight excluding hydrogens is 258 g/mol. The largest absolute Gasteiger partial charge is 0.383 e. The molecule has 0 aliphatic rings. The van der Waals surface area contributed by atoms with E-state index in [1.165, 1.54) is 10.8 Å². The first-order valence-corrected chi connectivity index (χ1v) is 7.48. The number of hydrogen-bond donors (Lipinski definition) is 1. The van der Waals surface area contributed by atoms with Crippen molar-refractivity contribution in [3.8, 4) is 11.3 Å². The predicted molar refractivity (Wildman–Crippen MR) is 89.3 cm³/mol. The summed E-state index contributed by atoms with van der Waals surface area (Å²) in [6, 6.07) is 15.0. The van der Waals surface area contributed by atoms with E-state index in [0.29, 0.717) is 6.04 Å². The molecule has 0 saturated carbocycles. The Morgan fingerprint density at radius 1 is 1.10 bits per heavy atom. The lowest BCUT2D eigenvalue weighted by atomic mass is 10.0. The van der Waals surface area contributed by atoms with Gasteiger partial charge in [-0.1, -0.05) is 49.4 Å². The second-order valence-corrected chi connectivity index (χ2v) is 5.61. The standard InChI is InChI=1S/C18H21N3/c1-4-16-20-17(18(19)21(16)12(2)3)15-11-7-9-13-8-5-6-10-14(13)15/h5-12H,4,19H2,1-3H3. The Balaban J connectivity index is 2.29. The van der Waals surface area contributed by atoms with Gasteiger partial charge in [0.2, 0.25) is 0 Å². The highest BCUT2D eigenvalue weighted by molar-refractivity contribution is 5.97. The van der Waals surface area contributed by atoms with Gasteiger partial charge in [-0.2, -0.15) is 0 Å². The van der Waals surface area contributed by atoms with E-state index >= 15 is 0 Å². The number of rotatable bonds is 3. The van der Waals surface area contributed by atoms with E-state index in [1.807, 2.05) is 0 Å². The molecular formula is C18H21N3. The highest BCUT2D eigenvalue weighted by Gasteiger charge is 2.18. The lowest BCUT2D eigenvalue weighted by Crippen LogP contribution is -2.08. The SMILES string of the molecule is CCc1nc(-c2cccc3ccccc23)c(N)n1C(C)C. The fraction of sp³-hybridized carbons (Fsp3) is 0.278. The van der Waals surface area contributed by atoms with E-state index in [9.17, 15) is 0 Å². The second-order valence-electron chi connectivity index (χ2n) is 5.61. The smallest absolute Gasteiger partial charge is 0.131 e. The summed E-state index contributed by atoms with van der Waals surface area (Å²) < 4.78 is 2.14. The summed E-state index contributed by atoms with van der Waals surface area (Å²) in [4.78, 5) is 4.81. The number of nitrogens with zero attached hydrogens (tertiary/aromatic N) is 2. The first kappa shape index (κ1) is 13.7. The van der Waals surface area contributed by atoms with Crippen LogP contribution in [0.5, 0.6) is 0 Å². The molecule has 3 aromatic rings. The van der Waals surface area contributed by atoms with Gasteiger partial charge in [-0.15, -0.1) is 0 Å². The number of nitrogens with two attached hydrogens (primary N) is 1. The van der Waals surface area contributed by atoms with Crippen LogP contribution >= 0.6 is 0 Å². The van der Waals surface area contributed by atoms with Crippen LogP contribution in [0.3, 0.4) is 0 Å². The van der Waals surface area contributed by atoms with Crippen LogP contribution in [0.15, 0.2) is 42.5 Å². The quantitative estimate of drug-likeness (QED) is 0.770. The third-order valence-electron chi connectivity index (χ3n) is 3.90. The molecule has 0 amide bonds.